The van der Waals surface area contributed by atoms with Gasteiger partial charge < -0.3 is 10.6 Å². The molecule has 15 heavy (non-hydrogen) atoms. The minimum Gasteiger partial charge on any atom is -0.353 e. The Morgan fingerprint density at radius 1 is 1.20 bits per heavy atom. The molecule has 0 saturated carbocycles. The Morgan fingerprint density at radius 3 is 2.13 bits per heavy atom. The van der Waals surface area contributed by atoms with E-state index in [2.05, 4.69) is 21.1 Å². The molecule has 0 aromatic carbocycles. The molecule has 0 aromatic heterocycles. The number of nitrogens with zero attached hydrogens (tertiary/aromatic N) is 1. The maximum Gasteiger partial charge on any atom is 0.242 e. The predicted octanol–water partition coefficient (Wildman–Crippen LogP) is -0.672. The van der Waals surface area contributed by atoms with Gasteiger partial charge in [0.15, 0.2) is 0 Å². The molecule has 0 heterocycles. The maximum absolute atomic E-state index is 11.2. The van der Waals surface area contributed by atoms with Crippen molar-refractivity contribution in [2.45, 2.75) is 39.8 Å². The van der Waals surface area contributed by atoms with E-state index in [0.29, 0.717) is 5.96 Å². The molecule has 0 aliphatic heterocycles. The van der Waals surface area contributed by atoms with Crippen molar-refractivity contribution in [3.8, 4) is 0 Å². The lowest BCUT2D eigenvalue weighted by Crippen LogP contribution is -2.45. The average molecular weight is 215 g/mol. The number of amides is 1. The summed E-state index contributed by atoms with van der Waals surface area (Å²) in [5.41, 5.74) is 2.40. The van der Waals surface area contributed by atoms with Crippen molar-refractivity contribution in [1.82, 2.24) is 16.1 Å². The highest BCUT2D eigenvalue weighted by Crippen LogP contribution is 1.81. The number of hydrazine groups is 1. The number of rotatable bonds is 4. The van der Waals surface area contributed by atoms with E-state index in [1.165, 1.54) is 0 Å². The highest BCUT2D eigenvalue weighted by atomic mass is 16.1. The first-order valence-corrected chi connectivity index (χ1v) is 5.02. The lowest BCUT2D eigenvalue weighted by molar-refractivity contribution is -0.120. The van der Waals surface area contributed by atoms with Crippen LogP contribution in [-0.4, -0.2) is 30.5 Å². The van der Waals surface area contributed by atoms with Crippen molar-refractivity contribution in [2.75, 3.05) is 6.54 Å². The van der Waals surface area contributed by atoms with Crippen molar-refractivity contribution in [3.05, 3.63) is 0 Å². The summed E-state index contributed by atoms with van der Waals surface area (Å²) in [6, 6.07) is 0.341. The molecule has 6 nitrogen and oxygen atoms in total. The average Bonchev–Trinajstić information content (AvgIpc) is 2.10. The van der Waals surface area contributed by atoms with Gasteiger partial charge in [-0.05, 0) is 27.7 Å². The van der Waals surface area contributed by atoms with Crippen molar-refractivity contribution in [1.29, 1.82) is 0 Å². The van der Waals surface area contributed by atoms with Crippen LogP contribution in [-0.2, 0) is 4.79 Å². The molecule has 0 atom stereocenters. The lowest BCUT2D eigenvalue weighted by atomic mass is 10.4. The summed E-state index contributed by atoms with van der Waals surface area (Å²) in [5.74, 6) is 5.53. The first-order valence-electron chi connectivity index (χ1n) is 5.02. The van der Waals surface area contributed by atoms with E-state index in [4.69, 9.17) is 5.84 Å². The second kappa shape index (κ2) is 7.05. The predicted molar refractivity (Wildman–Crippen MR) is 61.2 cm³/mol. The smallest absolute Gasteiger partial charge is 0.242 e. The van der Waals surface area contributed by atoms with E-state index in [9.17, 15) is 4.79 Å². The highest BCUT2D eigenvalue weighted by molar-refractivity contribution is 5.84. The van der Waals surface area contributed by atoms with Crippen LogP contribution in [0.1, 0.15) is 27.7 Å². The highest BCUT2D eigenvalue weighted by Gasteiger charge is 2.03. The summed E-state index contributed by atoms with van der Waals surface area (Å²) in [4.78, 5) is 15.2. The van der Waals surface area contributed by atoms with E-state index >= 15 is 0 Å². The molecule has 0 aliphatic carbocycles. The third-order valence-electron chi connectivity index (χ3n) is 1.39. The van der Waals surface area contributed by atoms with Crippen LogP contribution in [0, 0.1) is 0 Å². The molecule has 88 valence electrons. The molecular weight excluding hydrogens is 194 g/mol. The van der Waals surface area contributed by atoms with Gasteiger partial charge in [-0.1, -0.05) is 0 Å². The molecule has 5 N–H and O–H groups in total. The fourth-order valence-corrected chi connectivity index (χ4v) is 0.925. The molecule has 0 saturated heterocycles. The van der Waals surface area contributed by atoms with Crippen LogP contribution in [0.5, 0.6) is 0 Å². The first-order chi connectivity index (χ1) is 6.95. The molecule has 0 spiro atoms. The fraction of sp³-hybridized carbons (Fsp3) is 0.778. The number of hydrogen-bond acceptors (Lipinski definition) is 3. The van der Waals surface area contributed by atoms with Gasteiger partial charge in [-0.2, -0.15) is 0 Å². The Hall–Kier alpha value is -1.30. The van der Waals surface area contributed by atoms with Gasteiger partial charge in [-0.3, -0.25) is 10.2 Å². The van der Waals surface area contributed by atoms with Crippen LogP contribution in [0.3, 0.4) is 0 Å². The Balaban J connectivity index is 4.04. The summed E-state index contributed by atoms with van der Waals surface area (Å²) in [6.07, 6.45) is 0. The zero-order chi connectivity index (χ0) is 11.8. The molecule has 0 radical (unpaired) electrons. The molecule has 0 aromatic rings. The zero-order valence-electron chi connectivity index (χ0n) is 9.79. The van der Waals surface area contributed by atoms with Gasteiger partial charge in [0.25, 0.3) is 0 Å². The van der Waals surface area contributed by atoms with E-state index in [0.717, 1.165) is 0 Å². The maximum atomic E-state index is 11.2. The molecule has 0 aliphatic rings. The molecule has 0 unspecified atom stereocenters. The minimum atomic E-state index is -0.122. The molecule has 1 amide bonds. The van der Waals surface area contributed by atoms with Gasteiger partial charge in [-0.15, -0.1) is 0 Å². The van der Waals surface area contributed by atoms with Gasteiger partial charge in [-0.25, -0.2) is 10.8 Å². The second-order valence-corrected chi connectivity index (χ2v) is 3.83. The molecule has 6 heteroatoms. The van der Waals surface area contributed by atoms with Crippen LogP contribution in [0.25, 0.3) is 0 Å². The van der Waals surface area contributed by atoms with Gasteiger partial charge >= 0.3 is 0 Å². The van der Waals surface area contributed by atoms with Crippen molar-refractivity contribution >= 4 is 11.9 Å². The van der Waals surface area contributed by atoms with Gasteiger partial charge in [0.1, 0.15) is 6.54 Å². The van der Waals surface area contributed by atoms with Crippen LogP contribution in [0.2, 0.25) is 0 Å². The van der Waals surface area contributed by atoms with Crippen LogP contribution < -0.4 is 21.9 Å². The van der Waals surface area contributed by atoms with Crippen molar-refractivity contribution in [3.63, 3.8) is 0 Å². The SMILES string of the molecule is CC(C)NC(=O)CN=C(NN)NC(C)C. The monoisotopic (exact) mass is 215 g/mol. The number of carbonyl (C=O) groups excluding carboxylic acids is 1. The second-order valence-electron chi connectivity index (χ2n) is 3.83. The van der Waals surface area contributed by atoms with Crippen LogP contribution in [0.15, 0.2) is 4.99 Å². The molecule has 0 rings (SSSR count). The third kappa shape index (κ3) is 7.75. The summed E-state index contributed by atoms with van der Waals surface area (Å²) in [6.45, 7) is 7.78. The summed E-state index contributed by atoms with van der Waals surface area (Å²) >= 11 is 0. The summed E-state index contributed by atoms with van der Waals surface area (Å²) < 4.78 is 0. The topological polar surface area (TPSA) is 91.5 Å². The largest absolute Gasteiger partial charge is 0.353 e. The molecule has 0 bridgehead atoms. The van der Waals surface area contributed by atoms with Crippen LogP contribution >= 0.6 is 0 Å². The Kier molecular flexibility index (Phi) is 6.44. The van der Waals surface area contributed by atoms with Crippen molar-refractivity contribution < 1.29 is 4.79 Å². The quantitative estimate of drug-likeness (QED) is 0.217. The Morgan fingerprint density at radius 2 is 1.73 bits per heavy atom. The number of aliphatic imine (C=N–C) groups is 1. The summed E-state index contributed by atoms with van der Waals surface area (Å²) in [7, 11) is 0. The Bertz CT molecular complexity index is 225. The normalized spacial score (nSPS) is 11.8. The number of hydrogen-bond donors (Lipinski definition) is 4. The Labute approximate surface area is 90.7 Å². The molecular formula is C9H21N5O. The number of nitrogens with one attached hydrogen (secondary N) is 3. The standard InChI is InChI=1S/C9H21N5O/c1-6(2)12-8(15)5-11-9(14-10)13-7(3)4/h6-7H,5,10H2,1-4H3,(H,12,15)(H2,11,13,14). The number of guanidine groups is 1. The third-order valence-corrected chi connectivity index (χ3v) is 1.39. The van der Waals surface area contributed by atoms with Gasteiger partial charge in [0, 0.05) is 12.1 Å². The number of carbonyl (C=O) groups is 1. The van der Waals surface area contributed by atoms with Gasteiger partial charge in [0.2, 0.25) is 11.9 Å². The van der Waals surface area contributed by atoms with Crippen molar-refractivity contribution in [2.24, 2.45) is 10.8 Å². The number of nitrogens with two attached hydrogens (primary N) is 1. The fourth-order valence-electron chi connectivity index (χ4n) is 0.925. The first kappa shape index (κ1) is 13.7. The van der Waals surface area contributed by atoms with Gasteiger partial charge in [0.05, 0.1) is 0 Å². The van der Waals surface area contributed by atoms with E-state index in [-0.39, 0.29) is 24.5 Å². The lowest BCUT2D eigenvalue weighted by Gasteiger charge is -2.12. The summed E-state index contributed by atoms with van der Waals surface area (Å²) in [5, 5.41) is 5.71. The van der Waals surface area contributed by atoms with E-state index in [1.54, 1.807) is 0 Å². The van der Waals surface area contributed by atoms with E-state index < -0.39 is 0 Å². The van der Waals surface area contributed by atoms with E-state index in [1.807, 2.05) is 27.7 Å². The molecule has 0 fully saturated rings. The minimum absolute atomic E-state index is 0.0669. The van der Waals surface area contributed by atoms with Crippen LogP contribution in [0.4, 0.5) is 0 Å². The zero-order valence-corrected chi connectivity index (χ0v) is 9.79.